The van der Waals surface area contributed by atoms with Crippen LogP contribution in [0.1, 0.15) is 35.2 Å². The van der Waals surface area contributed by atoms with Crippen molar-refractivity contribution in [1.82, 2.24) is 10.2 Å². The van der Waals surface area contributed by atoms with Gasteiger partial charge in [0.2, 0.25) is 0 Å². The fraction of sp³-hybridized carbons (Fsp3) is 0.214. The highest BCUT2D eigenvalue weighted by Gasteiger charge is 2.36. The third-order valence-electron chi connectivity index (χ3n) is 6.08. The first-order chi connectivity index (χ1) is 17.7. The van der Waals surface area contributed by atoms with E-state index in [1.807, 2.05) is 36.4 Å². The maximum absolute atomic E-state index is 13.1. The number of carbonyl (C=O) groups excluding carboxylic acids is 1. The summed E-state index contributed by atoms with van der Waals surface area (Å²) < 4.78 is 44.3. The van der Waals surface area contributed by atoms with Gasteiger partial charge in [0.15, 0.2) is 5.96 Å². The first-order valence-electron chi connectivity index (χ1n) is 11.5. The number of hydrogen-bond acceptors (Lipinski definition) is 3. The standard InChI is InChI=1S/C28H25ClF3N3O2/c1-18-24(26(36)37-2)25(21-9-6-10-23(29)15-21)34-27(33-16-19-7-4-3-5-8-19)35(18)17-20-11-13-22(14-12-20)28(30,31)32/h3-15,25H,16-17H2,1-2H3,(H,33,34). The van der Waals surface area contributed by atoms with Crippen molar-refractivity contribution in [2.75, 3.05) is 7.11 Å². The van der Waals surface area contributed by atoms with Crippen LogP contribution in [0.4, 0.5) is 13.2 Å². The molecule has 1 heterocycles. The van der Waals surface area contributed by atoms with Crippen LogP contribution in [0.5, 0.6) is 0 Å². The zero-order valence-electron chi connectivity index (χ0n) is 20.2. The van der Waals surface area contributed by atoms with Crippen molar-refractivity contribution >= 4 is 23.5 Å². The van der Waals surface area contributed by atoms with E-state index in [0.717, 1.165) is 23.3 Å². The Labute approximate surface area is 218 Å². The number of nitrogens with zero attached hydrogens (tertiary/aromatic N) is 2. The number of esters is 1. The van der Waals surface area contributed by atoms with Gasteiger partial charge in [-0.25, -0.2) is 9.79 Å². The van der Waals surface area contributed by atoms with Crippen LogP contribution < -0.4 is 5.32 Å². The molecule has 4 rings (SSSR count). The maximum Gasteiger partial charge on any atom is 0.416 e. The number of halogens is 4. The number of hydrogen-bond donors (Lipinski definition) is 1. The molecule has 0 saturated heterocycles. The van der Waals surface area contributed by atoms with Gasteiger partial charge in [-0.3, -0.25) is 0 Å². The molecule has 3 aromatic rings. The highest BCUT2D eigenvalue weighted by atomic mass is 35.5. The number of allylic oxidation sites excluding steroid dienone is 1. The van der Waals surface area contributed by atoms with Gasteiger partial charge in [-0.15, -0.1) is 0 Å². The molecule has 0 fully saturated rings. The summed E-state index contributed by atoms with van der Waals surface area (Å²) in [7, 11) is 1.30. The number of alkyl halides is 3. The number of rotatable bonds is 6. The molecule has 0 aromatic heterocycles. The van der Waals surface area contributed by atoms with Gasteiger partial charge in [0.1, 0.15) is 0 Å². The number of aliphatic imine (C=N–C) groups is 1. The molecule has 3 aromatic carbocycles. The van der Waals surface area contributed by atoms with E-state index < -0.39 is 23.8 Å². The quantitative estimate of drug-likeness (QED) is 0.371. The normalized spacial score (nSPS) is 17.1. The molecular formula is C28H25ClF3N3O2. The SMILES string of the molecule is COC(=O)C1=C(C)N(Cc2ccc(C(F)(F)F)cc2)C(=NCc2ccccc2)NC1c1cccc(Cl)c1. The van der Waals surface area contributed by atoms with E-state index in [-0.39, 0.29) is 6.54 Å². The summed E-state index contributed by atoms with van der Waals surface area (Å²) in [6.45, 7) is 2.32. The summed E-state index contributed by atoms with van der Waals surface area (Å²) in [6, 6.07) is 21.1. The molecule has 1 unspecified atom stereocenters. The topological polar surface area (TPSA) is 53.9 Å². The molecule has 1 aliphatic rings. The Morgan fingerprint density at radius 3 is 2.35 bits per heavy atom. The number of guanidine groups is 1. The van der Waals surface area contributed by atoms with Gasteiger partial charge in [-0.05, 0) is 47.9 Å². The Morgan fingerprint density at radius 2 is 1.73 bits per heavy atom. The van der Waals surface area contributed by atoms with Gasteiger partial charge in [-0.2, -0.15) is 13.2 Å². The summed E-state index contributed by atoms with van der Waals surface area (Å²) >= 11 is 6.24. The predicted octanol–water partition coefficient (Wildman–Crippen LogP) is 6.51. The van der Waals surface area contributed by atoms with Crippen molar-refractivity contribution in [2.45, 2.75) is 32.2 Å². The Balaban J connectivity index is 1.78. The van der Waals surface area contributed by atoms with Gasteiger partial charge >= 0.3 is 12.1 Å². The summed E-state index contributed by atoms with van der Waals surface area (Å²) in [4.78, 5) is 19.5. The second kappa shape index (κ2) is 11.1. The third-order valence-corrected chi connectivity index (χ3v) is 6.31. The Kier molecular flexibility index (Phi) is 7.88. The average Bonchev–Trinajstić information content (AvgIpc) is 2.88. The minimum atomic E-state index is -4.43. The first-order valence-corrected chi connectivity index (χ1v) is 11.9. The molecule has 5 nitrogen and oxygen atoms in total. The van der Waals surface area contributed by atoms with Crippen molar-refractivity contribution in [1.29, 1.82) is 0 Å². The Bertz CT molecular complexity index is 1320. The second-order valence-corrected chi connectivity index (χ2v) is 8.97. The van der Waals surface area contributed by atoms with E-state index in [1.54, 1.807) is 30.0 Å². The van der Waals surface area contributed by atoms with Crippen LogP contribution in [-0.4, -0.2) is 23.9 Å². The van der Waals surface area contributed by atoms with E-state index >= 15 is 0 Å². The average molecular weight is 528 g/mol. The lowest BCUT2D eigenvalue weighted by molar-refractivity contribution is -0.138. The van der Waals surface area contributed by atoms with Crippen LogP contribution in [0.15, 0.2) is 95.1 Å². The molecule has 0 aliphatic carbocycles. The maximum atomic E-state index is 13.1. The smallest absolute Gasteiger partial charge is 0.416 e. The van der Waals surface area contributed by atoms with E-state index in [4.69, 9.17) is 21.3 Å². The van der Waals surface area contributed by atoms with E-state index in [2.05, 4.69) is 5.32 Å². The van der Waals surface area contributed by atoms with Crippen LogP contribution in [0.2, 0.25) is 5.02 Å². The fourth-order valence-electron chi connectivity index (χ4n) is 4.16. The van der Waals surface area contributed by atoms with E-state index in [1.165, 1.54) is 19.2 Å². The third kappa shape index (κ3) is 6.14. The van der Waals surface area contributed by atoms with Gasteiger partial charge in [-0.1, -0.05) is 66.2 Å². The van der Waals surface area contributed by atoms with Crippen molar-refractivity contribution in [2.24, 2.45) is 4.99 Å². The molecule has 1 N–H and O–H groups in total. The van der Waals surface area contributed by atoms with E-state index in [9.17, 15) is 18.0 Å². The van der Waals surface area contributed by atoms with Gasteiger partial charge in [0, 0.05) is 10.7 Å². The molecule has 0 radical (unpaired) electrons. The minimum absolute atomic E-state index is 0.188. The molecule has 1 atom stereocenters. The van der Waals surface area contributed by atoms with Gasteiger partial charge < -0.3 is 15.0 Å². The first kappa shape index (κ1) is 26.3. The zero-order chi connectivity index (χ0) is 26.6. The number of carbonyl (C=O) groups is 1. The van der Waals surface area contributed by atoms with Crippen LogP contribution in [0.25, 0.3) is 0 Å². The largest absolute Gasteiger partial charge is 0.466 e. The summed E-state index contributed by atoms with van der Waals surface area (Å²) in [6.07, 6.45) is -4.43. The van der Waals surface area contributed by atoms with Crippen molar-refractivity contribution in [3.63, 3.8) is 0 Å². The molecule has 0 amide bonds. The molecule has 0 bridgehead atoms. The minimum Gasteiger partial charge on any atom is -0.466 e. The zero-order valence-corrected chi connectivity index (χ0v) is 21.0. The number of ether oxygens (including phenoxy) is 1. The Hall–Kier alpha value is -3.78. The number of nitrogens with one attached hydrogen (secondary N) is 1. The molecule has 9 heteroatoms. The number of methoxy groups -OCH3 is 1. The van der Waals surface area contributed by atoms with Crippen molar-refractivity contribution in [3.8, 4) is 0 Å². The Morgan fingerprint density at radius 1 is 1.03 bits per heavy atom. The van der Waals surface area contributed by atoms with Gasteiger partial charge in [0.25, 0.3) is 0 Å². The number of benzene rings is 3. The molecule has 0 saturated carbocycles. The molecule has 0 spiro atoms. The van der Waals surface area contributed by atoms with Gasteiger partial charge in [0.05, 0.1) is 37.4 Å². The second-order valence-electron chi connectivity index (χ2n) is 8.53. The van der Waals surface area contributed by atoms with Crippen LogP contribution in [0, 0.1) is 0 Å². The summed E-state index contributed by atoms with van der Waals surface area (Å²) in [5, 5.41) is 3.86. The van der Waals surface area contributed by atoms with Crippen molar-refractivity contribution < 1.29 is 22.7 Å². The summed E-state index contributed by atoms with van der Waals surface area (Å²) in [5.74, 6) is -0.0617. The van der Waals surface area contributed by atoms with Crippen molar-refractivity contribution in [3.05, 3.63) is 117 Å². The fourth-order valence-corrected chi connectivity index (χ4v) is 4.36. The lowest BCUT2D eigenvalue weighted by Gasteiger charge is -2.38. The highest BCUT2D eigenvalue weighted by molar-refractivity contribution is 6.30. The molecule has 192 valence electrons. The molecule has 37 heavy (non-hydrogen) atoms. The summed E-state index contributed by atoms with van der Waals surface area (Å²) in [5.41, 5.74) is 2.54. The van der Waals surface area contributed by atoms with E-state index in [0.29, 0.717) is 34.4 Å². The lowest BCUT2D eigenvalue weighted by atomic mass is 9.94. The lowest BCUT2D eigenvalue weighted by Crippen LogP contribution is -2.48. The molecular weight excluding hydrogens is 503 g/mol. The predicted molar refractivity (Wildman–Crippen MR) is 137 cm³/mol. The van der Waals surface area contributed by atoms with Crippen LogP contribution >= 0.6 is 11.6 Å². The molecule has 1 aliphatic heterocycles. The monoisotopic (exact) mass is 527 g/mol. The van der Waals surface area contributed by atoms with Crippen LogP contribution in [0.3, 0.4) is 0 Å². The van der Waals surface area contributed by atoms with Crippen LogP contribution in [-0.2, 0) is 28.8 Å². The highest BCUT2D eigenvalue weighted by Crippen LogP contribution is 2.34.